The Balaban J connectivity index is 2.11. The fourth-order valence-electron chi connectivity index (χ4n) is 2.82. The third-order valence-electron chi connectivity index (χ3n) is 3.98. The van der Waals surface area contributed by atoms with Gasteiger partial charge in [0.1, 0.15) is 0 Å². The fraction of sp³-hybridized carbons (Fsp3) is 0.533. The summed E-state index contributed by atoms with van der Waals surface area (Å²) in [7, 11) is 3.20. The Kier molecular flexibility index (Phi) is 4.77. The summed E-state index contributed by atoms with van der Waals surface area (Å²) in [4.78, 5) is 13.2. The molecule has 1 aliphatic rings. The van der Waals surface area contributed by atoms with Gasteiger partial charge in [0.2, 0.25) is 5.91 Å². The van der Waals surface area contributed by atoms with Crippen LogP contribution in [0.25, 0.3) is 0 Å². The van der Waals surface area contributed by atoms with E-state index >= 15 is 0 Å². The van der Waals surface area contributed by atoms with Gasteiger partial charge in [-0.2, -0.15) is 0 Å². The van der Waals surface area contributed by atoms with Crippen LogP contribution in [-0.4, -0.2) is 33.2 Å². The molecule has 0 bridgehead atoms. The largest absolute Gasteiger partial charge is 0.493 e. The molecule has 1 aromatic rings. The molecule has 1 amide bonds. The van der Waals surface area contributed by atoms with E-state index in [0.717, 1.165) is 31.6 Å². The topological polar surface area (TPSA) is 90.8 Å². The zero-order valence-corrected chi connectivity index (χ0v) is 12.6. The van der Waals surface area contributed by atoms with Gasteiger partial charge in [0.05, 0.1) is 25.6 Å². The molecule has 6 nitrogen and oxygen atoms in total. The van der Waals surface area contributed by atoms with Crippen LogP contribution < -0.4 is 25.8 Å². The van der Waals surface area contributed by atoms with Gasteiger partial charge < -0.3 is 25.8 Å². The molecule has 1 aliphatic heterocycles. The summed E-state index contributed by atoms with van der Waals surface area (Å²) in [5.41, 5.74) is 13.0. The maximum Gasteiger partial charge on any atom is 0.217 e. The minimum Gasteiger partial charge on any atom is -0.493 e. The summed E-state index contributed by atoms with van der Waals surface area (Å²) >= 11 is 0. The van der Waals surface area contributed by atoms with Crippen molar-refractivity contribution in [1.82, 2.24) is 0 Å². The number of methoxy groups -OCH3 is 2. The molecule has 0 radical (unpaired) electrons. The van der Waals surface area contributed by atoms with Gasteiger partial charge in [0, 0.05) is 31.6 Å². The highest BCUT2D eigenvalue weighted by Gasteiger charge is 2.23. The number of ether oxygens (including phenoxy) is 2. The second-order valence-corrected chi connectivity index (χ2v) is 5.37. The first-order valence-corrected chi connectivity index (χ1v) is 7.10. The van der Waals surface area contributed by atoms with Crippen molar-refractivity contribution >= 4 is 17.3 Å². The van der Waals surface area contributed by atoms with Crippen LogP contribution in [0.4, 0.5) is 11.4 Å². The van der Waals surface area contributed by atoms with E-state index in [0.29, 0.717) is 29.5 Å². The van der Waals surface area contributed by atoms with Crippen LogP contribution in [0.5, 0.6) is 11.5 Å². The number of nitrogen functional groups attached to an aromatic ring is 1. The molecule has 2 rings (SSSR count). The molecule has 6 heteroatoms. The van der Waals surface area contributed by atoms with Crippen LogP contribution in [0.1, 0.15) is 19.3 Å². The first kappa shape index (κ1) is 15.3. The van der Waals surface area contributed by atoms with E-state index in [1.165, 1.54) is 0 Å². The summed E-state index contributed by atoms with van der Waals surface area (Å²) in [6, 6.07) is 3.69. The molecular formula is C15H23N3O3. The Morgan fingerprint density at radius 3 is 2.33 bits per heavy atom. The summed E-state index contributed by atoms with van der Waals surface area (Å²) in [6.07, 6.45) is 2.35. The maximum atomic E-state index is 11.0. The number of carbonyl (C=O) groups is 1. The van der Waals surface area contributed by atoms with Crippen molar-refractivity contribution in [3.8, 4) is 11.5 Å². The highest BCUT2D eigenvalue weighted by atomic mass is 16.5. The standard InChI is InChI=1S/C15H23N3O3/c1-20-13-8-11(16)12(9-14(13)21-2)18-5-3-10(4-6-18)7-15(17)19/h8-10H,3-7,16H2,1-2H3,(H2,17,19). The molecule has 21 heavy (non-hydrogen) atoms. The van der Waals surface area contributed by atoms with Crippen LogP contribution in [0.2, 0.25) is 0 Å². The molecule has 0 saturated carbocycles. The van der Waals surface area contributed by atoms with Crippen molar-refractivity contribution < 1.29 is 14.3 Å². The number of anilines is 2. The van der Waals surface area contributed by atoms with Gasteiger partial charge in [-0.3, -0.25) is 4.79 Å². The first-order valence-electron chi connectivity index (χ1n) is 7.10. The number of amides is 1. The predicted octanol–water partition coefficient (Wildman–Crippen LogP) is 1.38. The maximum absolute atomic E-state index is 11.0. The smallest absolute Gasteiger partial charge is 0.217 e. The van der Waals surface area contributed by atoms with Gasteiger partial charge in [0.25, 0.3) is 0 Å². The lowest BCUT2D eigenvalue weighted by Crippen LogP contribution is -2.35. The van der Waals surface area contributed by atoms with Gasteiger partial charge in [-0.25, -0.2) is 0 Å². The minimum atomic E-state index is -0.223. The van der Waals surface area contributed by atoms with Crippen molar-refractivity contribution in [1.29, 1.82) is 0 Å². The van der Waals surface area contributed by atoms with Gasteiger partial charge in [0.15, 0.2) is 11.5 Å². The zero-order valence-electron chi connectivity index (χ0n) is 12.6. The first-order chi connectivity index (χ1) is 10.0. The summed E-state index contributed by atoms with van der Waals surface area (Å²) in [5, 5.41) is 0. The molecule has 0 aliphatic carbocycles. The van der Waals surface area contributed by atoms with Crippen molar-refractivity contribution in [2.75, 3.05) is 37.9 Å². The Morgan fingerprint density at radius 2 is 1.81 bits per heavy atom. The summed E-state index contributed by atoms with van der Waals surface area (Å²) in [6.45, 7) is 1.72. The van der Waals surface area contributed by atoms with Crippen molar-refractivity contribution in [2.24, 2.45) is 11.7 Å². The van der Waals surface area contributed by atoms with Gasteiger partial charge in [-0.05, 0) is 18.8 Å². The van der Waals surface area contributed by atoms with Crippen molar-refractivity contribution in [3.63, 3.8) is 0 Å². The molecule has 0 spiro atoms. The average molecular weight is 293 g/mol. The van der Waals surface area contributed by atoms with Crippen LogP contribution in [0, 0.1) is 5.92 Å². The number of hydrogen-bond donors (Lipinski definition) is 2. The van der Waals surface area contributed by atoms with Gasteiger partial charge >= 0.3 is 0 Å². The normalized spacial score (nSPS) is 15.8. The average Bonchev–Trinajstić information content (AvgIpc) is 2.47. The number of rotatable bonds is 5. The SMILES string of the molecule is COc1cc(N)c(N2CCC(CC(N)=O)CC2)cc1OC. The van der Waals surface area contributed by atoms with E-state index < -0.39 is 0 Å². The molecule has 0 unspecified atom stereocenters. The monoisotopic (exact) mass is 293 g/mol. The van der Waals surface area contributed by atoms with Crippen LogP contribution in [0.15, 0.2) is 12.1 Å². The molecular weight excluding hydrogens is 270 g/mol. The van der Waals surface area contributed by atoms with E-state index in [4.69, 9.17) is 20.9 Å². The summed E-state index contributed by atoms with van der Waals surface area (Å²) < 4.78 is 10.6. The second kappa shape index (κ2) is 6.56. The Bertz CT molecular complexity index is 511. The highest BCUT2D eigenvalue weighted by Crippen LogP contribution is 2.38. The van der Waals surface area contributed by atoms with Gasteiger partial charge in [-0.1, -0.05) is 0 Å². The number of hydrogen-bond acceptors (Lipinski definition) is 5. The quantitative estimate of drug-likeness (QED) is 0.800. The minimum absolute atomic E-state index is 0.223. The molecule has 4 N–H and O–H groups in total. The number of carbonyl (C=O) groups excluding carboxylic acids is 1. The molecule has 0 atom stereocenters. The molecule has 0 aromatic heterocycles. The third-order valence-corrected chi connectivity index (χ3v) is 3.98. The zero-order chi connectivity index (χ0) is 15.4. The van der Waals surface area contributed by atoms with Crippen LogP contribution in [0.3, 0.4) is 0 Å². The number of nitrogens with zero attached hydrogens (tertiary/aromatic N) is 1. The lowest BCUT2D eigenvalue weighted by Gasteiger charge is -2.34. The van der Waals surface area contributed by atoms with E-state index in [2.05, 4.69) is 4.90 Å². The number of primary amides is 1. The molecule has 1 saturated heterocycles. The summed E-state index contributed by atoms with van der Waals surface area (Å²) in [5.74, 6) is 1.45. The Labute approximate surface area is 125 Å². The lowest BCUT2D eigenvalue weighted by molar-refractivity contribution is -0.119. The number of piperidine rings is 1. The number of nitrogens with two attached hydrogens (primary N) is 2. The van der Waals surface area contributed by atoms with Crippen molar-refractivity contribution in [2.45, 2.75) is 19.3 Å². The van der Waals surface area contributed by atoms with Crippen LogP contribution in [-0.2, 0) is 4.79 Å². The second-order valence-electron chi connectivity index (χ2n) is 5.37. The lowest BCUT2D eigenvalue weighted by atomic mass is 9.93. The van der Waals surface area contributed by atoms with E-state index in [9.17, 15) is 4.79 Å². The molecule has 116 valence electrons. The molecule has 1 aromatic carbocycles. The van der Waals surface area contributed by atoms with Gasteiger partial charge in [-0.15, -0.1) is 0 Å². The van der Waals surface area contributed by atoms with Crippen molar-refractivity contribution in [3.05, 3.63) is 12.1 Å². The molecule has 1 fully saturated rings. The third kappa shape index (κ3) is 3.51. The Morgan fingerprint density at radius 1 is 1.24 bits per heavy atom. The van der Waals surface area contributed by atoms with E-state index in [-0.39, 0.29) is 5.91 Å². The predicted molar refractivity (Wildman–Crippen MR) is 82.7 cm³/mol. The van der Waals surface area contributed by atoms with E-state index in [1.54, 1.807) is 20.3 Å². The highest BCUT2D eigenvalue weighted by molar-refractivity contribution is 5.74. The molecule has 1 heterocycles. The fourth-order valence-corrected chi connectivity index (χ4v) is 2.82. The van der Waals surface area contributed by atoms with Crippen LogP contribution >= 0.6 is 0 Å². The van der Waals surface area contributed by atoms with E-state index in [1.807, 2.05) is 6.07 Å². The number of benzene rings is 1. The Hall–Kier alpha value is -2.11.